The number of anilines is 1. The molecule has 0 saturated heterocycles. The van der Waals surface area contributed by atoms with Gasteiger partial charge in [-0.25, -0.2) is 4.99 Å². The molecule has 0 aliphatic rings. The number of pyridine rings is 1. The molecule has 4 nitrogen and oxygen atoms in total. The van der Waals surface area contributed by atoms with Crippen LogP contribution in [0.25, 0.3) is 0 Å². The van der Waals surface area contributed by atoms with Crippen molar-refractivity contribution in [2.45, 2.75) is 13.8 Å². The number of hydrogen-bond acceptors (Lipinski definition) is 3. The van der Waals surface area contributed by atoms with Crippen LogP contribution >= 0.6 is 0 Å². The highest BCUT2D eigenvalue weighted by Crippen LogP contribution is 2.17. The Labute approximate surface area is 160 Å². The minimum Gasteiger partial charge on any atom is -0.426 e. The first-order chi connectivity index (χ1) is 13.1. The molecule has 0 saturated carbocycles. The molecular weight excluding hydrogens is 334 g/mol. The summed E-state index contributed by atoms with van der Waals surface area (Å²) in [5.74, 6) is 7.09. The molecule has 0 aliphatic carbocycles. The number of nitrogens with one attached hydrogen (secondary N) is 1. The number of aliphatic imine (C=N–C) groups is 1. The van der Waals surface area contributed by atoms with Gasteiger partial charge in [0.25, 0.3) is 6.02 Å². The van der Waals surface area contributed by atoms with Crippen molar-refractivity contribution in [2.75, 3.05) is 12.4 Å². The van der Waals surface area contributed by atoms with Crippen molar-refractivity contribution in [3.63, 3.8) is 0 Å². The van der Waals surface area contributed by atoms with E-state index >= 15 is 0 Å². The van der Waals surface area contributed by atoms with Gasteiger partial charge < -0.3 is 10.1 Å². The normalized spacial score (nSPS) is 10.7. The van der Waals surface area contributed by atoms with Crippen LogP contribution in [-0.4, -0.2) is 18.1 Å². The second kappa shape index (κ2) is 8.68. The van der Waals surface area contributed by atoms with E-state index in [0.29, 0.717) is 6.02 Å². The number of hydrogen-bond donors (Lipinski definition) is 1. The van der Waals surface area contributed by atoms with Gasteiger partial charge in [-0.05, 0) is 61.9 Å². The largest absolute Gasteiger partial charge is 0.426 e. The molecule has 3 aromatic rings. The van der Waals surface area contributed by atoms with E-state index in [-0.39, 0.29) is 0 Å². The number of amidine groups is 1. The minimum atomic E-state index is 0.439. The molecule has 2 aromatic carbocycles. The summed E-state index contributed by atoms with van der Waals surface area (Å²) in [6.07, 6.45) is 3.48. The maximum absolute atomic E-state index is 5.80. The first-order valence-corrected chi connectivity index (χ1v) is 8.65. The number of rotatable bonds is 2. The van der Waals surface area contributed by atoms with Crippen molar-refractivity contribution in [3.8, 4) is 17.6 Å². The Morgan fingerprint density at radius 2 is 1.70 bits per heavy atom. The predicted octanol–water partition coefficient (Wildman–Crippen LogP) is 4.57. The zero-order chi connectivity index (χ0) is 19.1. The van der Waals surface area contributed by atoms with E-state index in [2.05, 4.69) is 27.1 Å². The Morgan fingerprint density at radius 1 is 0.963 bits per heavy atom. The molecule has 1 aromatic heterocycles. The quantitative estimate of drug-likeness (QED) is 0.416. The van der Waals surface area contributed by atoms with Gasteiger partial charge in [0.2, 0.25) is 0 Å². The van der Waals surface area contributed by atoms with Crippen LogP contribution in [0.4, 0.5) is 5.69 Å². The number of benzene rings is 2. The van der Waals surface area contributed by atoms with Crippen LogP contribution in [0.5, 0.6) is 5.75 Å². The summed E-state index contributed by atoms with van der Waals surface area (Å²) in [7, 11) is 1.69. The number of aryl methyl sites for hydroxylation is 2. The van der Waals surface area contributed by atoms with Crippen molar-refractivity contribution in [3.05, 3.63) is 89.2 Å². The lowest BCUT2D eigenvalue weighted by atomic mass is 10.1. The fraction of sp³-hybridized carbons (Fsp3) is 0.130. The standard InChI is InChI=1S/C23H21N3O/c1-17-4-10-22(11-5-17)27-23(24-3)26-21-9-8-20(18(2)16-21)7-6-19-12-14-25-15-13-19/h4-5,8-16H,1-3H3,(H,24,26). The van der Waals surface area contributed by atoms with Crippen LogP contribution in [0, 0.1) is 25.7 Å². The number of aromatic nitrogens is 1. The lowest BCUT2D eigenvalue weighted by Crippen LogP contribution is -2.19. The van der Waals surface area contributed by atoms with E-state index in [9.17, 15) is 0 Å². The SMILES string of the molecule is CN=C(Nc1ccc(C#Cc2ccncc2)c(C)c1)Oc1ccc(C)cc1. The molecule has 0 amide bonds. The highest BCUT2D eigenvalue weighted by Gasteiger charge is 2.04. The molecule has 0 unspecified atom stereocenters. The van der Waals surface area contributed by atoms with E-state index in [4.69, 9.17) is 4.74 Å². The van der Waals surface area contributed by atoms with Crippen LogP contribution in [0.2, 0.25) is 0 Å². The van der Waals surface area contributed by atoms with Crippen LogP contribution in [-0.2, 0) is 0 Å². The lowest BCUT2D eigenvalue weighted by Gasteiger charge is -2.12. The van der Waals surface area contributed by atoms with Gasteiger partial charge in [-0.15, -0.1) is 0 Å². The van der Waals surface area contributed by atoms with Crippen LogP contribution in [0.1, 0.15) is 22.3 Å². The van der Waals surface area contributed by atoms with Crippen molar-refractivity contribution in [1.82, 2.24) is 4.98 Å². The predicted molar refractivity (Wildman–Crippen MR) is 110 cm³/mol. The second-order valence-electron chi connectivity index (χ2n) is 6.08. The smallest absolute Gasteiger partial charge is 0.294 e. The maximum atomic E-state index is 5.80. The van der Waals surface area contributed by atoms with Crippen LogP contribution < -0.4 is 10.1 Å². The molecule has 0 spiro atoms. The third kappa shape index (κ3) is 5.20. The van der Waals surface area contributed by atoms with Gasteiger partial charge in [0.05, 0.1) is 0 Å². The lowest BCUT2D eigenvalue weighted by molar-refractivity contribution is 0.547. The zero-order valence-electron chi connectivity index (χ0n) is 15.7. The molecule has 3 rings (SSSR count). The molecule has 1 heterocycles. The molecule has 0 fully saturated rings. The number of nitrogens with zero attached hydrogens (tertiary/aromatic N) is 2. The van der Waals surface area contributed by atoms with Crippen LogP contribution in [0.3, 0.4) is 0 Å². The summed E-state index contributed by atoms with van der Waals surface area (Å²) in [5.41, 5.74) is 5.08. The van der Waals surface area contributed by atoms with E-state index in [0.717, 1.165) is 28.1 Å². The summed E-state index contributed by atoms with van der Waals surface area (Å²) < 4.78 is 5.80. The van der Waals surface area contributed by atoms with E-state index in [1.807, 2.05) is 68.4 Å². The Bertz CT molecular complexity index is 997. The fourth-order valence-corrected chi connectivity index (χ4v) is 2.42. The Kier molecular flexibility index (Phi) is 5.86. The Hall–Kier alpha value is -3.58. The zero-order valence-corrected chi connectivity index (χ0v) is 15.7. The summed E-state index contributed by atoms with van der Waals surface area (Å²) in [4.78, 5) is 8.18. The summed E-state index contributed by atoms with van der Waals surface area (Å²) >= 11 is 0. The van der Waals surface area contributed by atoms with Crippen molar-refractivity contribution in [2.24, 2.45) is 4.99 Å². The second-order valence-corrected chi connectivity index (χ2v) is 6.08. The van der Waals surface area contributed by atoms with Gasteiger partial charge in [-0.2, -0.15) is 0 Å². The van der Waals surface area contributed by atoms with E-state index < -0.39 is 0 Å². The Morgan fingerprint density at radius 3 is 2.37 bits per heavy atom. The maximum Gasteiger partial charge on any atom is 0.294 e. The third-order valence-electron chi connectivity index (χ3n) is 3.94. The van der Waals surface area contributed by atoms with E-state index in [1.54, 1.807) is 19.4 Å². The summed E-state index contributed by atoms with van der Waals surface area (Å²) in [6.45, 7) is 4.07. The van der Waals surface area contributed by atoms with Crippen molar-refractivity contribution >= 4 is 11.7 Å². The summed E-state index contributed by atoms with van der Waals surface area (Å²) in [6, 6.07) is 18.1. The van der Waals surface area contributed by atoms with Gasteiger partial charge in [0, 0.05) is 36.3 Å². The topological polar surface area (TPSA) is 46.5 Å². The molecule has 27 heavy (non-hydrogen) atoms. The highest BCUT2D eigenvalue weighted by molar-refractivity contribution is 5.90. The molecule has 1 N–H and O–H groups in total. The molecule has 0 atom stereocenters. The minimum absolute atomic E-state index is 0.439. The van der Waals surface area contributed by atoms with Gasteiger partial charge in [-0.1, -0.05) is 29.5 Å². The fourth-order valence-electron chi connectivity index (χ4n) is 2.42. The molecule has 0 bridgehead atoms. The average Bonchev–Trinajstić information content (AvgIpc) is 2.69. The monoisotopic (exact) mass is 355 g/mol. The summed E-state index contributed by atoms with van der Waals surface area (Å²) in [5, 5.41) is 3.20. The third-order valence-corrected chi connectivity index (χ3v) is 3.94. The highest BCUT2D eigenvalue weighted by atomic mass is 16.5. The molecular formula is C23H21N3O. The molecule has 4 heteroatoms. The average molecular weight is 355 g/mol. The van der Waals surface area contributed by atoms with Gasteiger partial charge in [-0.3, -0.25) is 4.98 Å². The van der Waals surface area contributed by atoms with E-state index in [1.165, 1.54) is 5.56 Å². The first-order valence-electron chi connectivity index (χ1n) is 8.65. The van der Waals surface area contributed by atoms with Crippen LogP contribution in [0.15, 0.2) is 72.0 Å². The first kappa shape index (κ1) is 18.2. The molecule has 0 aliphatic heterocycles. The molecule has 134 valence electrons. The van der Waals surface area contributed by atoms with Crippen molar-refractivity contribution < 1.29 is 4.74 Å². The van der Waals surface area contributed by atoms with Crippen molar-refractivity contribution in [1.29, 1.82) is 0 Å². The van der Waals surface area contributed by atoms with Gasteiger partial charge in [0.1, 0.15) is 5.75 Å². The van der Waals surface area contributed by atoms with Gasteiger partial charge >= 0.3 is 0 Å². The number of ether oxygens (including phenoxy) is 1. The van der Waals surface area contributed by atoms with Gasteiger partial charge in [0.15, 0.2) is 0 Å². The molecule has 0 radical (unpaired) electrons. The Balaban J connectivity index is 1.71.